The fourth-order valence-corrected chi connectivity index (χ4v) is 0. The summed E-state index contributed by atoms with van der Waals surface area (Å²) in [4.78, 5) is 0.750. The Morgan fingerprint density at radius 1 is 1.60 bits per heavy atom. The maximum absolute atomic E-state index is 10.8. The van der Waals surface area contributed by atoms with E-state index in [4.69, 9.17) is 0 Å². The van der Waals surface area contributed by atoms with E-state index in [0.29, 0.717) is 0 Å². The standard InChI is InChI=1S/C2H3F2Ge/c1-2-5(3)4/h2H,1H2. The van der Waals surface area contributed by atoms with Crippen LogP contribution in [0.4, 0.5) is 7.00 Å². The Bertz CT molecular complexity index is 34.6. The van der Waals surface area contributed by atoms with Crippen molar-refractivity contribution in [2.75, 3.05) is 0 Å². The molecular formula is C2H3F2Ge. The van der Waals surface area contributed by atoms with Crippen molar-refractivity contribution in [3.05, 3.63) is 11.5 Å². The molecule has 0 aromatic carbocycles. The van der Waals surface area contributed by atoms with Gasteiger partial charge in [-0.1, -0.05) is 0 Å². The van der Waals surface area contributed by atoms with Crippen molar-refractivity contribution in [1.82, 2.24) is 0 Å². The van der Waals surface area contributed by atoms with Gasteiger partial charge in [-0.15, -0.1) is 0 Å². The normalized spacial score (nSPS) is 8.60. The Hall–Kier alpha value is 0.143. The molecule has 0 aromatic rings. The summed E-state index contributed by atoms with van der Waals surface area (Å²) in [5.41, 5.74) is 0. The third-order valence-corrected chi connectivity index (χ3v) is 0.802. The zero-order valence-corrected chi connectivity index (χ0v) is 4.64. The maximum atomic E-state index is 10.8. The van der Waals surface area contributed by atoms with Crippen molar-refractivity contribution in [3.8, 4) is 0 Å². The molecule has 0 spiro atoms. The monoisotopic (exact) mass is 139 g/mol. The molecule has 0 aliphatic rings. The SMILES string of the molecule is C=[CH][Ge]([F])[F]. The molecule has 0 saturated carbocycles. The van der Waals surface area contributed by atoms with E-state index in [1.807, 2.05) is 0 Å². The second kappa shape index (κ2) is 2.38. The minimum absolute atomic E-state index is 0.750. The van der Waals surface area contributed by atoms with Crippen LogP contribution in [0.5, 0.6) is 0 Å². The molecule has 0 atom stereocenters. The van der Waals surface area contributed by atoms with Gasteiger partial charge in [0, 0.05) is 0 Å². The predicted octanol–water partition coefficient (Wildman–Crippen LogP) is 1.14. The van der Waals surface area contributed by atoms with Gasteiger partial charge in [0.1, 0.15) is 0 Å². The van der Waals surface area contributed by atoms with E-state index in [-0.39, 0.29) is 0 Å². The quantitative estimate of drug-likeness (QED) is 0.476. The fourth-order valence-electron chi connectivity index (χ4n) is 0. The van der Waals surface area contributed by atoms with E-state index >= 15 is 0 Å². The number of hydrogen-bond donors (Lipinski definition) is 0. The zero-order chi connectivity index (χ0) is 4.28. The van der Waals surface area contributed by atoms with Crippen LogP contribution < -0.4 is 0 Å². The first-order valence-corrected chi connectivity index (χ1v) is 3.87. The van der Waals surface area contributed by atoms with Crippen molar-refractivity contribution >= 4 is 15.3 Å². The summed E-state index contributed by atoms with van der Waals surface area (Å²) in [5, 5.41) is 0. The Morgan fingerprint density at radius 2 is 1.80 bits per heavy atom. The van der Waals surface area contributed by atoms with Gasteiger partial charge in [-0.05, 0) is 0 Å². The Labute approximate surface area is 34.6 Å². The summed E-state index contributed by atoms with van der Waals surface area (Å²) in [5.74, 6) is 0. The molecule has 0 rings (SSSR count). The number of rotatable bonds is 1. The molecule has 0 aromatic heterocycles. The molecule has 0 bridgehead atoms. The molecule has 0 aliphatic carbocycles. The van der Waals surface area contributed by atoms with Crippen molar-refractivity contribution < 1.29 is 7.00 Å². The minimum atomic E-state index is -3.59. The van der Waals surface area contributed by atoms with E-state index in [1.54, 1.807) is 0 Å². The summed E-state index contributed by atoms with van der Waals surface area (Å²) < 4.78 is 21.6. The van der Waals surface area contributed by atoms with Crippen LogP contribution in [0.1, 0.15) is 0 Å². The molecular weight excluding hydrogens is 135 g/mol. The van der Waals surface area contributed by atoms with Crippen molar-refractivity contribution in [1.29, 1.82) is 0 Å². The summed E-state index contributed by atoms with van der Waals surface area (Å²) in [6.07, 6.45) is 0. The summed E-state index contributed by atoms with van der Waals surface area (Å²) >= 11 is -3.59. The van der Waals surface area contributed by atoms with Gasteiger partial charge >= 0.3 is 33.8 Å². The van der Waals surface area contributed by atoms with Crippen LogP contribution in [-0.4, -0.2) is 15.3 Å². The van der Waals surface area contributed by atoms with Crippen LogP contribution in [0.3, 0.4) is 0 Å². The Morgan fingerprint density at radius 3 is 1.80 bits per heavy atom. The van der Waals surface area contributed by atoms with E-state index in [1.165, 1.54) is 0 Å². The van der Waals surface area contributed by atoms with E-state index in [0.717, 1.165) is 4.91 Å². The van der Waals surface area contributed by atoms with Crippen LogP contribution in [0, 0.1) is 0 Å². The van der Waals surface area contributed by atoms with Gasteiger partial charge in [0.15, 0.2) is 0 Å². The summed E-state index contributed by atoms with van der Waals surface area (Å²) in [6.45, 7) is 2.88. The predicted molar refractivity (Wildman–Crippen MR) is 18.2 cm³/mol. The second-order valence-corrected chi connectivity index (χ2v) is 2.57. The molecule has 0 aliphatic heterocycles. The van der Waals surface area contributed by atoms with E-state index in [2.05, 4.69) is 6.58 Å². The fraction of sp³-hybridized carbons (Fsp3) is 0. The first kappa shape index (κ1) is 5.14. The molecule has 0 unspecified atom stereocenters. The third-order valence-electron chi connectivity index (χ3n) is 0.154. The summed E-state index contributed by atoms with van der Waals surface area (Å²) in [7, 11) is 0. The van der Waals surface area contributed by atoms with Gasteiger partial charge in [-0.3, -0.25) is 0 Å². The van der Waals surface area contributed by atoms with Gasteiger partial charge in [0.2, 0.25) is 0 Å². The van der Waals surface area contributed by atoms with Crippen molar-refractivity contribution in [2.24, 2.45) is 0 Å². The average Bonchev–Trinajstić information content (AvgIpc) is 1.38. The van der Waals surface area contributed by atoms with E-state index in [9.17, 15) is 7.00 Å². The van der Waals surface area contributed by atoms with Gasteiger partial charge in [0.25, 0.3) is 0 Å². The van der Waals surface area contributed by atoms with Crippen LogP contribution in [-0.2, 0) is 0 Å². The molecule has 29 valence electrons. The molecule has 0 fully saturated rings. The molecule has 0 N–H and O–H groups in total. The molecule has 0 heterocycles. The van der Waals surface area contributed by atoms with Crippen LogP contribution in [0.2, 0.25) is 0 Å². The number of halogens is 2. The van der Waals surface area contributed by atoms with Gasteiger partial charge < -0.3 is 0 Å². The van der Waals surface area contributed by atoms with Crippen LogP contribution in [0.15, 0.2) is 11.5 Å². The molecule has 0 nitrogen and oxygen atoms in total. The molecule has 0 saturated heterocycles. The molecule has 5 heavy (non-hydrogen) atoms. The zero-order valence-electron chi connectivity index (χ0n) is 2.54. The summed E-state index contributed by atoms with van der Waals surface area (Å²) in [6, 6.07) is 0. The van der Waals surface area contributed by atoms with Crippen LogP contribution in [0.25, 0.3) is 0 Å². The molecule has 0 amide bonds. The second-order valence-electron chi connectivity index (χ2n) is 0.494. The van der Waals surface area contributed by atoms with E-state index < -0.39 is 15.3 Å². The van der Waals surface area contributed by atoms with Crippen molar-refractivity contribution in [3.63, 3.8) is 0 Å². The Balaban J connectivity index is 2.83. The molecule has 3 heteroatoms. The Kier molecular flexibility index (Phi) is 2.45. The van der Waals surface area contributed by atoms with Gasteiger partial charge in [0.05, 0.1) is 0 Å². The number of hydrogen-bond acceptors (Lipinski definition) is 0. The average molecular weight is 138 g/mol. The molecule has 1 radical (unpaired) electrons. The van der Waals surface area contributed by atoms with Crippen molar-refractivity contribution in [2.45, 2.75) is 0 Å². The van der Waals surface area contributed by atoms with Crippen LogP contribution >= 0.6 is 0 Å². The van der Waals surface area contributed by atoms with Gasteiger partial charge in [-0.2, -0.15) is 0 Å². The topological polar surface area (TPSA) is 0 Å². The third kappa shape index (κ3) is 4.14. The first-order chi connectivity index (χ1) is 2.27. The first-order valence-electron chi connectivity index (χ1n) is 1.07. The van der Waals surface area contributed by atoms with Gasteiger partial charge in [-0.25, -0.2) is 0 Å².